The van der Waals surface area contributed by atoms with Crippen molar-refractivity contribution in [1.29, 1.82) is 0 Å². The number of hydrogen-bond donors (Lipinski definition) is 2. The molecule has 7 nitrogen and oxygen atoms in total. The summed E-state index contributed by atoms with van der Waals surface area (Å²) in [6.45, 7) is 1.23. The molecule has 14 heteroatoms. The van der Waals surface area contributed by atoms with Crippen LogP contribution in [0, 0.1) is 5.82 Å². The maximum atomic E-state index is 14.5. The maximum absolute atomic E-state index is 14.5. The fourth-order valence-electron chi connectivity index (χ4n) is 3.14. The molecule has 0 saturated carbocycles. The third-order valence-corrected chi connectivity index (χ3v) is 4.57. The van der Waals surface area contributed by atoms with Gasteiger partial charge in [-0.25, -0.2) is 14.4 Å². The largest absolute Gasteiger partial charge is 0.573 e. The van der Waals surface area contributed by atoms with Gasteiger partial charge >= 0.3 is 12.5 Å². The Labute approximate surface area is 181 Å². The van der Waals surface area contributed by atoms with Gasteiger partial charge in [-0.2, -0.15) is 13.2 Å². The summed E-state index contributed by atoms with van der Waals surface area (Å²) in [5, 5.41) is 2.34. The summed E-state index contributed by atoms with van der Waals surface area (Å²) in [5.74, 6) is -2.42. The summed E-state index contributed by atoms with van der Waals surface area (Å²) in [5.41, 5.74) is 3.00. The number of benzene rings is 1. The van der Waals surface area contributed by atoms with Gasteiger partial charge in [0.15, 0.2) is 6.10 Å². The number of carbonyl (C=O) groups is 1. The van der Waals surface area contributed by atoms with E-state index in [1.54, 1.807) is 0 Å². The molecule has 33 heavy (non-hydrogen) atoms. The first-order valence-corrected chi connectivity index (χ1v) is 9.08. The van der Waals surface area contributed by atoms with Crippen LogP contribution in [0.3, 0.4) is 0 Å². The Bertz CT molecular complexity index is 1070. The number of alkyl halides is 6. The molecule has 0 bridgehead atoms. The van der Waals surface area contributed by atoms with Crippen molar-refractivity contribution >= 4 is 17.6 Å². The lowest BCUT2D eigenvalue weighted by molar-refractivity contribution is -0.274. The van der Waals surface area contributed by atoms with Crippen LogP contribution >= 0.6 is 0 Å². The average molecular weight is 480 g/mol. The molecule has 3 rings (SSSR count). The van der Waals surface area contributed by atoms with E-state index in [2.05, 4.69) is 24.8 Å². The first-order valence-electron chi connectivity index (χ1n) is 9.08. The van der Waals surface area contributed by atoms with Crippen LogP contribution in [0.15, 0.2) is 41.5 Å². The van der Waals surface area contributed by atoms with Gasteiger partial charge in [-0.1, -0.05) is 0 Å². The van der Waals surface area contributed by atoms with Crippen molar-refractivity contribution in [1.82, 2.24) is 4.98 Å². The third kappa shape index (κ3) is 5.81. The molecule has 2 atom stereocenters. The average Bonchev–Trinajstić information content (AvgIpc) is 2.67. The molecule has 178 valence electrons. The van der Waals surface area contributed by atoms with Crippen molar-refractivity contribution in [2.45, 2.75) is 37.5 Å². The number of carbonyl (C=O) groups excluding carboxylic acids is 1. The number of amidine groups is 1. The molecule has 0 fully saturated rings. The summed E-state index contributed by atoms with van der Waals surface area (Å²) in [6, 6.07) is 4.17. The number of halogens is 7. The Morgan fingerprint density at radius 3 is 2.48 bits per heavy atom. The Morgan fingerprint density at radius 2 is 1.91 bits per heavy atom. The van der Waals surface area contributed by atoms with Gasteiger partial charge in [-0.05, 0) is 37.3 Å². The number of aliphatic imine (C=N–C) groups is 1. The first-order chi connectivity index (χ1) is 15.2. The molecule has 0 saturated heterocycles. The van der Waals surface area contributed by atoms with Crippen LogP contribution in [0.1, 0.15) is 29.4 Å². The Kier molecular flexibility index (Phi) is 6.13. The molecule has 1 amide bonds. The summed E-state index contributed by atoms with van der Waals surface area (Å²) < 4.78 is 98.8. The number of nitrogens with one attached hydrogen (secondary N) is 1. The van der Waals surface area contributed by atoms with Crippen LogP contribution in [0.2, 0.25) is 0 Å². The monoisotopic (exact) mass is 480 g/mol. The van der Waals surface area contributed by atoms with Crippen LogP contribution in [-0.2, 0) is 10.3 Å². The molecule has 0 aliphatic carbocycles. The number of nitrogens with zero attached hydrogens (tertiary/aromatic N) is 2. The number of ether oxygens (including phenoxy) is 2. The van der Waals surface area contributed by atoms with Crippen molar-refractivity contribution in [3.05, 3.63) is 53.6 Å². The number of hydrogen-bond acceptors (Lipinski definition) is 6. The van der Waals surface area contributed by atoms with Gasteiger partial charge < -0.3 is 20.5 Å². The van der Waals surface area contributed by atoms with E-state index in [-0.39, 0.29) is 16.9 Å². The quantitative estimate of drug-likeness (QED) is 0.638. The van der Waals surface area contributed by atoms with Gasteiger partial charge in [-0.15, -0.1) is 13.2 Å². The zero-order chi connectivity index (χ0) is 24.6. The number of amides is 1. The highest BCUT2D eigenvalue weighted by Gasteiger charge is 2.50. The van der Waals surface area contributed by atoms with Crippen LogP contribution in [-0.4, -0.2) is 35.6 Å². The minimum absolute atomic E-state index is 0.0288. The van der Waals surface area contributed by atoms with E-state index in [1.165, 1.54) is 6.92 Å². The van der Waals surface area contributed by atoms with Gasteiger partial charge in [0.05, 0.1) is 11.7 Å². The molecule has 2 aromatic rings. The van der Waals surface area contributed by atoms with Gasteiger partial charge in [0.1, 0.15) is 17.3 Å². The van der Waals surface area contributed by atoms with Crippen LogP contribution in [0.5, 0.6) is 5.75 Å². The lowest BCUT2D eigenvalue weighted by Gasteiger charge is -2.36. The zero-order valence-corrected chi connectivity index (χ0v) is 16.6. The second kappa shape index (κ2) is 8.41. The number of nitrogens with two attached hydrogens (primary N) is 1. The summed E-state index contributed by atoms with van der Waals surface area (Å²) in [4.78, 5) is 19.7. The Morgan fingerprint density at radius 1 is 1.21 bits per heavy atom. The molecule has 1 aromatic heterocycles. The third-order valence-electron chi connectivity index (χ3n) is 4.57. The van der Waals surface area contributed by atoms with E-state index in [4.69, 9.17) is 5.73 Å². The zero-order valence-electron chi connectivity index (χ0n) is 16.6. The highest BCUT2D eigenvalue weighted by atomic mass is 19.4. The van der Waals surface area contributed by atoms with Crippen molar-refractivity contribution < 1.29 is 45.0 Å². The van der Waals surface area contributed by atoms with E-state index in [0.29, 0.717) is 6.20 Å². The SMILES string of the molecule is C[C@]1(c2cc(NC(=O)c3ccc(OC(F)(F)F)cn3)ccc2F)C[C@@H](C(F)(F)F)OC(N)=N1. The van der Waals surface area contributed by atoms with Gasteiger partial charge in [0.2, 0.25) is 0 Å². The highest BCUT2D eigenvalue weighted by Crippen LogP contribution is 2.41. The second-order valence-electron chi connectivity index (χ2n) is 7.15. The normalized spacial score (nSPS) is 21.1. The standard InChI is InChI=1S/C19H15F7N4O3/c1-17(7-14(18(21,22)23)32-16(27)30-17)11-6-9(2-4-12(11)20)29-15(31)13-5-3-10(8-28-13)33-19(24,25)26/h2-6,8,14H,7H2,1H3,(H2,27,30)(H,29,31)/t14-,17+/m0/s1. The molecule has 1 aliphatic rings. The number of aromatic nitrogens is 1. The maximum Gasteiger partial charge on any atom is 0.573 e. The lowest BCUT2D eigenvalue weighted by Crippen LogP contribution is -2.46. The fraction of sp³-hybridized carbons (Fsp3) is 0.316. The van der Waals surface area contributed by atoms with Crippen molar-refractivity contribution in [2.24, 2.45) is 10.7 Å². The second-order valence-corrected chi connectivity index (χ2v) is 7.15. The van der Waals surface area contributed by atoms with Crippen LogP contribution < -0.4 is 15.8 Å². The lowest BCUT2D eigenvalue weighted by atomic mass is 9.85. The fourth-order valence-corrected chi connectivity index (χ4v) is 3.14. The van der Waals surface area contributed by atoms with E-state index in [1.807, 2.05) is 0 Å². The molecule has 1 aromatic carbocycles. The van der Waals surface area contributed by atoms with E-state index in [0.717, 1.165) is 30.3 Å². The number of pyridine rings is 1. The molecule has 2 heterocycles. The number of rotatable bonds is 4. The first kappa shape index (κ1) is 24.1. The Balaban J connectivity index is 1.83. The molecule has 0 unspecified atom stereocenters. The van der Waals surface area contributed by atoms with Crippen LogP contribution in [0.25, 0.3) is 0 Å². The van der Waals surface area contributed by atoms with Crippen LogP contribution in [0.4, 0.5) is 36.4 Å². The van der Waals surface area contributed by atoms with E-state index < -0.39 is 54.1 Å². The van der Waals surface area contributed by atoms with Crippen molar-refractivity contribution in [3.8, 4) is 5.75 Å². The molecular formula is C19H15F7N4O3. The van der Waals surface area contributed by atoms with Gasteiger partial charge in [0, 0.05) is 17.7 Å². The summed E-state index contributed by atoms with van der Waals surface area (Å²) in [6.07, 6.45) is -12.1. The molecule has 1 aliphatic heterocycles. The van der Waals surface area contributed by atoms with Gasteiger partial charge in [-0.3, -0.25) is 4.79 Å². The molecule has 3 N–H and O–H groups in total. The topological polar surface area (TPSA) is 98.8 Å². The summed E-state index contributed by atoms with van der Waals surface area (Å²) >= 11 is 0. The smallest absolute Gasteiger partial charge is 0.452 e. The predicted octanol–water partition coefficient (Wildman–Crippen LogP) is 4.25. The van der Waals surface area contributed by atoms with Gasteiger partial charge in [0.25, 0.3) is 11.9 Å². The van der Waals surface area contributed by atoms with E-state index in [9.17, 15) is 35.5 Å². The minimum Gasteiger partial charge on any atom is -0.452 e. The number of anilines is 1. The predicted molar refractivity (Wildman–Crippen MR) is 99.8 cm³/mol. The molecular weight excluding hydrogens is 465 g/mol. The Hall–Kier alpha value is -3.58. The van der Waals surface area contributed by atoms with Crippen molar-refractivity contribution in [2.75, 3.05) is 5.32 Å². The molecule has 0 radical (unpaired) electrons. The molecule has 0 spiro atoms. The minimum atomic E-state index is -4.94. The van der Waals surface area contributed by atoms with Crippen molar-refractivity contribution in [3.63, 3.8) is 0 Å². The van der Waals surface area contributed by atoms with E-state index >= 15 is 0 Å². The summed E-state index contributed by atoms with van der Waals surface area (Å²) in [7, 11) is 0. The highest BCUT2D eigenvalue weighted by molar-refractivity contribution is 6.02.